The second-order valence-corrected chi connectivity index (χ2v) is 10.4. The molecular weight excluding hydrogens is 469 g/mol. The Morgan fingerprint density at radius 1 is 1.11 bits per heavy atom. The van der Waals surface area contributed by atoms with Gasteiger partial charge < -0.3 is 10.1 Å². The van der Waals surface area contributed by atoms with Crippen LogP contribution in [0.2, 0.25) is 0 Å². The van der Waals surface area contributed by atoms with Crippen LogP contribution < -0.4 is 10.1 Å². The molecule has 1 N–H and O–H groups in total. The van der Waals surface area contributed by atoms with E-state index in [9.17, 15) is 17.6 Å². The maximum absolute atomic E-state index is 14.5. The van der Waals surface area contributed by atoms with Gasteiger partial charge in [-0.25, -0.2) is 12.8 Å². The number of hydrogen-bond acceptors (Lipinski definition) is 5. The molecule has 0 radical (unpaired) electrons. The number of hydrogen-bond donors (Lipinski definition) is 1. The second kappa shape index (κ2) is 11.0. The van der Waals surface area contributed by atoms with E-state index in [0.29, 0.717) is 25.4 Å². The Balaban J connectivity index is 1.41. The summed E-state index contributed by atoms with van der Waals surface area (Å²) in [5.74, 6) is -0.659. The van der Waals surface area contributed by atoms with Crippen LogP contribution in [0.4, 0.5) is 4.39 Å². The molecule has 1 fully saturated rings. The lowest BCUT2D eigenvalue weighted by molar-refractivity contribution is 0.0939. The first-order chi connectivity index (χ1) is 16.8. The number of ether oxygens (including phenoxy) is 1. The van der Waals surface area contributed by atoms with Crippen molar-refractivity contribution in [3.8, 4) is 5.75 Å². The number of amides is 1. The zero-order valence-electron chi connectivity index (χ0n) is 19.5. The molecule has 3 aromatic rings. The average molecular weight is 498 g/mol. The highest BCUT2D eigenvalue weighted by Crippen LogP contribution is 2.25. The van der Waals surface area contributed by atoms with E-state index in [0.717, 1.165) is 42.5 Å². The molecular formula is C26H28FN3O4S. The van der Waals surface area contributed by atoms with Crippen molar-refractivity contribution in [2.24, 2.45) is 0 Å². The van der Waals surface area contributed by atoms with Gasteiger partial charge in [-0.15, -0.1) is 0 Å². The van der Waals surface area contributed by atoms with Crippen LogP contribution in [0.25, 0.3) is 0 Å². The predicted molar refractivity (Wildman–Crippen MR) is 130 cm³/mol. The van der Waals surface area contributed by atoms with Gasteiger partial charge >= 0.3 is 0 Å². The highest BCUT2D eigenvalue weighted by atomic mass is 32.2. The molecule has 1 unspecified atom stereocenters. The minimum absolute atomic E-state index is 0.0882. The SMILES string of the molecule is CC(NC(=O)c1ccc(F)c(S(=O)(=O)N2CCCCC2)c1)c1ccc(OCc2cccnc2)cc1. The van der Waals surface area contributed by atoms with Gasteiger partial charge in [0.15, 0.2) is 0 Å². The van der Waals surface area contributed by atoms with Gasteiger partial charge in [0.05, 0.1) is 6.04 Å². The Morgan fingerprint density at radius 3 is 2.54 bits per heavy atom. The molecule has 0 saturated carbocycles. The summed E-state index contributed by atoms with van der Waals surface area (Å²) in [7, 11) is -4.00. The molecule has 4 rings (SSSR count). The molecule has 35 heavy (non-hydrogen) atoms. The van der Waals surface area contributed by atoms with Crippen molar-refractivity contribution >= 4 is 15.9 Å². The van der Waals surface area contributed by atoms with E-state index >= 15 is 0 Å². The van der Waals surface area contributed by atoms with Crippen LogP contribution in [-0.4, -0.2) is 36.7 Å². The van der Waals surface area contributed by atoms with Crippen LogP contribution in [0.1, 0.15) is 53.7 Å². The molecule has 2 heterocycles. The minimum atomic E-state index is -4.00. The summed E-state index contributed by atoms with van der Waals surface area (Å²) in [5, 5.41) is 2.85. The van der Waals surface area contributed by atoms with E-state index in [-0.39, 0.29) is 11.6 Å². The number of halogens is 1. The smallest absolute Gasteiger partial charge is 0.251 e. The van der Waals surface area contributed by atoms with Crippen LogP contribution in [-0.2, 0) is 16.6 Å². The van der Waals surface area contributed by atoms with E-state index in [1.807, 2.05) is 43.3 Å². The van der Waals surface area contributed by atoms with Gasteiger partial charge in [0, 0.05) is 36.6 Å². The Labute approximate surface area is 205 Å². The highest BCUT2D eigenvalue weighted by molar-refractivity contribution is 7.89. The normalized spacial score (nSPS) is 15.4. The fourth-order valence-electron chi connectivity index (χ4n) is 3.95. The van der Waals surface area contributed by atoms with E-state index in [1.54, 1.807) is 12.4 Å². The number of pyridine rings is 1. The first-order valence-corrected chi connectivity index (χ1v) is 13.0. The first-order valence-electron chi connectivity index (χ1n) is 11.6. The van der Waals surface area contributed by atoms with Crippen LogP contribution in [0.5, 0.6) is 5.75 Å². The molecule has 0 spiro atoms. The summed E-state index contributed by atoms with van der Waals surface area (Å²) in [5.41, 5.74) is 1.89. The lowest BCUT2D eigenvalue weighted by atomic mass is 10.1. The molecule has 1 aliphatic heterocycles. The summed E-state index contributed by atoms with van der Waals surface area (Å²) >= 11 is 0. The lowest BCUT2D eigenvalue weighted by Gasteiger charge is -2.26. The molecule has 0 aliphatic carbocycles. The molecule has 1 aromatic heterocycles. The topological polar surface area (TPSA) is 88.6 Å². The third kappa shape index (κ3) is 6.04. The van der Waals surface area contributed by atoms with Crippen LogP contribution >= 0.6 is 0 Å². The fourth-order valence-corrected chi connectivity index (χ4v) is 5.56. The van der Waals surface area contributed by atoms with Gasteiger partial charge in [0.2, 0.25) is 10.0 Å². The third-order valence-electron chi connectivity index (χ3n) is 5.98. The van der Waals surface area contributed by atoms with Gasteiger partial charge in [-0.2, -0.15) is 4.31 Å². The van der Waals surface area contributed by atoms with E-state index in [2.05, 4.69) is 10.3 Å². The van der Waals surface area contributed by atoms with E-state index < -0.39 is 26.6 Å². The summed E-state index contributed by atoms with van der Waals surface area (Å²) in [6.07, 6.45) is 5.88. The van der Waals surface area contributed by atoms with E-state index in [4.69, 9.17) is 4.74 Å². The number of benzene rings is 2. The molecule has 184 valence electrons. The van der Waals surface area contributed by atoms with Crippen molar-refractivity contribution < 1.29 is 22.3 Å². The number of carbonyl (C=O) groups excluding carboxylic acids is 1. The van der Waals surface area contributed by atoms with Crippen molar-refractivity contribution in [2.45, 2.75) is 43.7 Å². The highest BCUT2D eigenvalue weighted by Gasteiger charge is 2.29. The Bertz CT molecular complexity index is 1260. The quantitative estimate of drug-likeness (QED) is 0.496. The molecule has 7 nitrogen and oxygen atoms in total. The summed E-state index contributed by atoms with van der Waals surface area (Å²) < 4.78 is 47.4. The minimum Gasteiger partial charge on any atom is -0.489 e. The van der Waals surface area contributed by atoms with Crippen LogP contribution in [0, 0.1) is 5.82 Å². The predicted octanol–water partition coefficient (Wildman–Crippen LogP) is 4.47. The van der Waals surface area contributed by atoms with Crippen LogP contribution in [0.15, 0.2) is 71.9 Å². The van der Waals surface area contributed by atoms with Crippen molar-refractivity contribution in [3.63, 3.8) is 0 Å². The van der Waals surface area contributed by atoms with Crippen molar-refractivity contribution in [1.29, 1.82) is 0 Å². The molecule has 1 atom stereocenters. The van der Waals surface area contributed by atoms with E-state index in [1.165, 1.54) is 10.4 Å². The fraction of sp³-hybridized carbons (Fsp3) is 0.308. The van der Waals surface area contributed by atoms with Crippen LogP contribution in [0.3, 0.4) is 0 Å². The standard InChI is InChI=1S/C26H28FN3O4S/c1-19(21-7-10-23(11-8-21)34-18-20-6-5-13-28-17-20)29-26(31)22-9-12-24(27)25(16-22)35(32,33)30-14-3-2-4-15-30/h5-13,16-17,19H,2-4,14-15,18H2,1H3,(H,29,31). The Hall–Kier alpha value is -3.30. The maximum Gasteiger partial charge on any atom is 0.251 e. The first kappa shape index (κ1) is 24.8. The van der Waals surface area contributed by atoms with Crippen molar-refractivity contribution in [2.75, 3.05) is 13.1 Å². The third-order valence-corrected chi connectivity index (χ3v) is 7.90. The molecule has 0 bridgehead atoms. The molecule has 1 amide bonds. The molecule has 2 aromatic carbocycles. The molecule has 1 saturated heterocycles. The number of aromatic nitrogens is 1. The zero-order chi connectivity index (χ0) is 24.8. The zero-order valence-corrected chi connectivity index (χ0v) is 20.3. The Morgan fingerprint density at radius 2 is 1.86 bits per heavy atom. The van der Waals surface area contributed by atoms with Crippen molar-refractivity contribution in [1.82, 2.24) is 14.6 Å². The van der Waals surface area contributed by atoms with Crippen molar-refractivity contribution in [3.05, 3.63) is 89.5 Å². The van der Waals surface area contributed by atoms with Gasteiger partial charge in [-0.1, -0.05) is 24.6 Å². The van der Waals surface area contributed by atoms with Gasteiger partial charge in [0.1, 0.15) is 23.1 Å². The molecule has 9 heteroatoms. The maximum atomic E-state index is 14.5. The average Bonchev–Trinajstić information content (AvgIpc) is 2.89. The van der Waals surface area contributed by atoms with Gasteiger partial charge in [-0.05, 0) is 61.7 Å². The number of rotatable bonds is 8. The summed E-state index contributed by atoms with van der Waals surface area (Å²) in [6.45, 7) is 2.93. The summed E-state index contributed by atoms with van der Waals surface area (Å²) in [4.78, 5) is 16.4. The Kier molecular flexibility index (Phi) is 7.77. The molecule has 1 aliphatic rings. The number of sulfonamides is 1. The number of carbonyl (C=O) groups is 1. The van der Waals surface area contributed by atoms with Gasteiger partial charge in [-0.3, -0.25) is 9.78 Å². The summed E-state index contributed by atoms with van der Waals surface area (Å²) in [6, 6.07) is 14.2. The lowest BCUT2D eigenvalue weighted by Crippen LogP contribution is -2.36. The monoisotopic (exact) mass is 497 g/mol. The second-order valence-electron chi connectivity index (χ2n) is 8.52. The number of piperidine rings is 1. The van der Waals surface area contributed by atoms with Gasteiger partial charge in [0.25, 0.3) is 5.91 Å². The number of nitrogens with one attached hydrogen (secondary N) is 1. The number of nitrogens with zero attached hydrogens (tertiary/aromatic N) is 2. The largest absolute Gasteiger partial charge is 0.489 e.